The van der Waals surface area contributed by atoms with Crippen LogP contribution < -0.4 is 10.6 Å². The Morgan fingerprint density at radius 1 is 1.14 bits per heavy atom. The zero-order valence-corrected chi connectivity index (χ0v) is 11.9. The second kappa shape index (κ2) is 5.48. The summed E-state index contributed by atoms with van der Waals surface area (Å²) in [6, 6.07) is 13.6. The van der Waals surface area contributed by atoms with Gasteiger partial charge in [-0.15, -0.1) is 0 Å². The first-order chi connectivity index (χ1) is 10.1. The molecule has 4 heteroatoms. The van der Waals surface area contributed by atoms with Crippen molar-refractivity contribution in [2.24, 2.45) is 0 Å². The van der Waals surface area contributed by atoms with Gasteiger partial charge in [-0.3, -0.25) is 4.79 Å². The lowest BCUT2D eigenvalue weighted by Gasteiger charge is -2.16. The Bertz CT molecular complexity index is 665. The number of amides is 1. The molecule has 0 bridgehead atoms. The molecule has 2 aromatic carbocycles. The van der Waals surface area contributed by atoms with Crippen LogP contribution in [0.25, 0.3) is 0 Å². The van der Waals surface area contributed by atoms with E-state index in [1.807, 2.05) is 30.3 Å². The Morgan fingerprint density at radius 2 is 1.86 bits per heavy atom. The summed E-state index contributed by atoms with van der Waals surface area (Å²) in [6.07, 6.45) is 1.87. The summed E-state index contributed by atoms with van der Waals surface area (Å²) in [7, 11) is 0. The molecule has 1 aliphatic rings. The summed E-state index contributed by atoms with van der Waals surface area (Å²) in [5, 5.41) is 16.1. The minimum Gasteiger partial charge on any atom is -0.508 e. The van der Waals surface area contributed by atoms with Gasteiger partial charge in [0.05, 0.1) is 6.04 Å². The van der Waals surface area contributed by atoms with Crippen LogP contribution in [0.2, 0.25) is 0 Å². The molecule has 3 rings (SSSR count). The normalized spacial score (nSPS) is 16.3. The number of benzene rings is 2. The van der Waals surface area contributed by atoms with Gasteiger partial charge in [-0.25, -0.2) is 0 Å². The molecule has 4 nitrogen and oxygen atoms in total. The monoisotopic (exact) mass is 282 g/mol. The lowest BCUT2D eigenvalue weighted by atomic mass is 10.1. The van der Waals surface area contributed by atoms with E-state index in [1.54, 1.807) is 6.07 Å². The van der Waals surface area contributed by atoms with E-state index in [9.17, 15) is 9.90 Å². The number of hydrogen-bond acceptors (Lipinski definition) is 3. The molecule has 0 heterocycles. The van der Waals surface area contributed by atoms with Crippen molar-refractivity contribution in [2.45, 2.75) is 25.8 Å². The second-order valence-electron chi connectivity index (χ2n) is 5.34. The standard InChI is InChI=1S/C17H18N2O2/c1-11(20)18-12-5-7-13(8-6-12)19-16-10-9-15-14(16)3-2-4-17(15)21/h2-8,16,19,21H,9-10H2,1H3,(H,18,20). The fourth-order valence-electron chi connectivity index (χ4n) is 2.84. The topological polar surface area (TPSA) is 61.4 Å². The zero-order chi connectivity index (χ0) is 14.8. The Kier molecular flexibility index (Phi) is 3.52. The van der Waals surface area contributed by atoms with Crippen molar-refractivity contribution < 1.29 is 9.90 Å². The van der Waals surface area contributed by atoms with Crippen LogP contribution in [0.15, 0.2) is 42.5 Å². The average Bonchev–Trinajstić information content (AvgIpc) is 2.85. The van der Waals surface area contributed by atoms with Gasteiger partial charge in [0.2, 0.25) is 5.91 Å². The van der Waals surface area contributed by atoms with Crippen molar-refractivity contribution in [3.05, 3.63) is 53.6 Å². The van der Waals surface area contributed by atoms with Gasteiger partial charge in [0.1, 0.15) is 5.75 Å². The Hall–Kier alpha value is -2.49. The van der Waals surface area contributed by atoms with Gasteiger partial charge >= 0.3 is 0 Å². The molecular weight excluding hydrogens is 264 g/mol. The molecule has 0 aliphatic heterocycles. The van der Waals surface area contributed by atoms with Crippen LogP contribution in [-0.2, 0) is 11.2 Å². The summed E-state index contributed by atoms with van der Waals surface area (Å²) >= 11 is 0. The van der Waals surface area contributed by atoms with Crippen molar-refractivity contribution in [3.8, 4) is 5.75 Å². The zero-order valence-electron chi connectivity index (χ0n) is 11.9. The molecular formula is C17H18N2O2. The Morgan fingerprint density at radius 3 is 2.57 bits per heavy atom. The molecule has 1 atom stereocenters. The number of fused-ring (bicyclic) bond motifs is 1. The number of phenols is 1. The molecule has 0 spiro atoms. The number of anilines is 2. The number of nitrogens with one attached hydrogen (secondary N) is 2. The van der Waals surface area contributed by atoms with E-state index in [2.05, 4.69) is 16.7 Å². The third-order valence-corrected chi connectivity index (χ3v) is 3.79. The van der Waals surface area contributed by atoms with E-state index in [0.717, 1.165) is 29.8 Å². The van der Waals surface area contributed by atoms with E-state index in [-0.39, 0.29) is 11.9 Å². The van der Waals surface area contributed by atoms with Crippen LogP contribution in [0, 0.1) is 0 Å². The summed E-state index contributed by atoms with van der Waals surface area (Å²) < 4.78 is 0. The molecule has 1 amide bonds. The van der Waals surface area contributed by atoms with Gasteiger partial charge in [0.25, 0.3) is 0 Å². The molecule has 0 aromatic heterocycles. The highest BCUT2D eigenvalue weighted by Gasteiger charge is 2.24. The average molecular weight is 282 g/mol. The lowest BCUT2D eigenvalue weighted by Crippen LogP contribution is -2.08. The van der Waals surface area contributed by atoms with Gasteiger partial charge < -0.3 is 15.7 Å². The fraction of sp³-hybridized carbons (Fsp3) is 0.235. The summed E-state index contributed by atoms with van der Waals surface area (Å²) in [5.41, 5.74) is 4.01. The highest BCUT2D eigenvalue weighted by atomic mass is 16.3. The molecule has 1 unspecified atom stereocenters. The van der Waals surface area contributed by atoms with E-state index < -0.39 is 0 Å². The summed E-state index contributed by atoms with van der Waals surface area (Å²) in [4.78, 5) is 11.0. The highest BCUT2D eigenvalue weighted by molar-refractivity contribution is 5.88. The lowest BCUT2D eigenvalue weighted by molar-refractivity contribution is -0.114. The summed E-state index contributed by atoms with van der Waals surface area (Å²) in [5.74, 6) is 0.314. The predicted octanol–water partition coefficient (Wildman–Crippen LogP) is 3.45. The minimum absolute atomic E-state index is 0.0732. The fourth-order valence-corrected chi connectivity index (χ4v) is 2.84. The maximum atomic E-state index is 11.0. The maximum Gasteiger partial charge on any atom is 0.221 e. The van der Waals surface area contributed by atoms with Crippen molar-refractivity contribution in [2.75, 3.05) is 10.6 Å². The molecule has 108 valence electrons. The van der Waals surface area contributed by atoms with Crippen LogP contribution in [0.5, 0.6) is 5.75 Å². The van der Waals surface area contributed by atoms with Gasteiger partial charge in [-0.2, -0.15) is 0 Å². The molecule has 21 heavy (non-hydrogen) atoms. The predicted molar refractivity (Wildman–Crippen MR) is 83.5 cm³/mol. The molecule has 2 aromatic rings. The van der Waals surface area contributed by atoms with E-state index >= 15 is 0 Å². The van der Waals surface area contributed by atoms with Gasteiger partial charge in [-0.05, 0) is 54.3 Å². The highest BCUT2D eigenvalue weighted by Crippen LogP contribution is 2.38. The number of aromatic hydroxyl groups is 1. The maximum absolute atomic E-state index is 11.0. The van der Waals surface area contributed by atoms with E-state index in [0.29, 0.717) is 5.75 Å². The van der Waals surface area contributed by atoms with Crippen molar-refractivity contribution >= 4 is 17.3 Å². The van der Waals surface area contributed by atoms with Crippen LogP contribution in [0.4, 0.5) is 11.4 Å². The van der Waals surface area contributed by atoms with Gasteiger partial charge in [0, 0.05) is 18.3 Å². The number of hydrogen-bond donors (Lipinski definition) is 3. The largest absolute Gasteiger partial charge is 0.508 e. The third kappa shape index (κ3) is 2.84. The molecule has 0 saturated carbocycles. The number of phenolic OH excluding ortho intramolecular Hbond substituents is 1. The molecule has 0 radical (unpaired) electrons. The van der Waals surface area contributed by atoms with Crippen LogP contribution in [-0.4, -0.2) is 11.0 Å². The van der Waals surface area contributed by atoms with Crippen molar-refractivity contribution in [1.29, 1.82) is 0 Å². The SMILES string of the molecule is CC(=O)Nc1ccc(NC2CCc3c(O)cccc32)cc1. The van der Waals surface area contributed by atoms with E-state index in [4.69, 9.17) is 0 Å². The smallest absolute Gasteiger partial charge is 0.221 e. The first kappa shape index (κ1) is 13.5. The van der Waals surface area contributed by atoms with Gasteiger partial charge in [0.15, 0.2) is 0 Å². The first-order valence-corrected chi connectivity index (χ1v) is 7.08. The van der Waals surface area contributed by atoms with Crippen molar-refractivity contribution in [1.82, 2.24) is 0 Å². The Labute approximate surface area is 123 Å². The van der Waals surface area contributed by atoms with E-state index in [1.165, 1.54) is 12.5 Å². The Balaban J connectivity index is 1.74. The van der Waals surface area contributed by atoms with Crippen LogP contribution in [0.1, 0.15) is 30.5 Å². The summed E-state index contributed by atoms with van der Waals surface area (Å²) in [6.45, 7) is 1.49. The molecule has 0 saturated heterocycles. The quantitative estimate of drug-likeness (QED) is 0.808. The third-order valence-electron chi connectivity index (χ3n) is 3.79. The number of rotatable bonds is 3. The molecule has 1 aliphatic carbocycles. The van der Waals surface area contributed by atoms with Gasteiger partial charge in [-0.1, -0.05) is 12.1 Å². The van der Waals surface area contributed by atoms with Crippen LogP contribution >= 0.6 is 0 Å². The number of carbonyl (C=O) groups is 1. The molecule has 0 fully saturated rings. The van der Waals surface area contributed by atoms with Crippen LogP contribution in [0.3, 0.4) is 0 Å². The first-order valence-electron chi connectivity index (χ1n) is 7.08. The minimum atomic E-state index is -0.0732. The van der Waals surface area contributed by atoms with Crippen molar-refractivity contribution in [3.63, 3.8) is 0 Å². The molecule has 3 N–H and O–H groups in total. The second-order valence-corrected chi connectivity index (χ2v) is 5.34. The number of carbonyl (C=O) groups excluding carboxylic acids is 1.